The zero-order chi connectivity index (χ0) is 15.8. The third kappa shape index (κ3) is 2.70. The average Bonchev–Trinajstić information content (AvgIpc) is 2.27. The van der Waals surface area contributed by atoms with Crippen molar-refractivity contribution >= 4 is 0 Å². The first kappa shape index (κ1) is 16.6. The van der Waals surface area contributed by atoms with Crippen molar-refractivity contribution in [3.8, 4) is 0 Å². The molecule has 0 fully saturated rings. The molecule has 1 rings (SSSR count). The normalized spacial score (nSPS) is 15.5. The fourth-order valence-electron chi connectivity index (χ4n) is 1.51. The number of halogens is 7. The van der Waals surface area contributed by atoms with Crippen molar-refractivity contribution in [2.45, 2.75) is 24.1 Å². The van der Waals surface area contributed by atoms with Crippen molar-refractivity contribution < 1.29 is 35.9 Å². The molecular formula is C10H9F7N2O. The van der Waals surface area contributed by atoms with Gasteiger partial charge in [-0.1, -0.05) is 6.07 Å². The molecule has 1 N–H and O–H groups in total. The van der Waals surface area contributed by atoms with Gasteiger partial charge in [-0.2, -0.15) is 35.8 Å². The van der Waals surface area contributed by atoms with Crippen molar-refractivity contribution in [1.29, 1.82) is 0 Å². The lowest BCUT2D eigenvalue weighted by atomic mass is 9.99. The summed E-state index contributed by atoms with van der Waals surface area (Å²) < 4.78 is 89.5. The summed E-state index contributed by atoms with van der Waals surface area (Å²) in [5, 5.41) is 8.61. The molecule has 10 heteroatoms. The van der Waals surface area contributed by atoms with E-state index >= 15 is 0 Å². The molecule has 1 unspecified atom stereocenters. The van der Waals surface area contributed by atoms with E-state index in [9.17, 15) is 30.7 Å². The molecule has 0 spiro atoms. The fraction of sp³-hybridized carbons (Fsp3) is 0.500. The monoisotopic (exact) mass is 306 g/mol. The molecule has 0 saturated heterocycles. The average molecular weight is 306 g/mol. The van der Waals surface area contributed by atoms with Gasteiger partial charge in [-0.3, -0.25) is 4.98 Å². The minimum absolute atomic E-state index is 0.429. The lowest BCUT2D eigenvalue weighted by Crippen LogP contribution is -2.57. The van der Waals surface area contributed by atoms with Gasteiger partial charge in [0.1, 0.15) is 6.04 Å². The largest absolute Gasteiger partial charge is 0.459 e. The first-order valence-corrected chi connectivity index (χ1v) is 5.08. The van der Waals surface area contributed by atoms with Gasteiger partial charge in [-0.25, -0.2) is 0 Å². The second-order valence-corrected chi connectivity index (χ2v) is 3.93. The van der Waals surface area contributed by atoms with Gasteiger partial charge < -0.3 is 5.21 Å². The predicted octanol–water partition coefficient (Wildman–Crippen LogP) is 3.28. The van der Waals surface area contributed by atoms with Gasteiger partial charge in [0.25, 0.3) is 0 Å². The highest BCUT2D eigenvalue weighted by molar-refractivity contribution is 5.15. The van der Waals surface area contributed by atoms with Crippen molar-refractivity contribution in [3.05, 3.63) is 30.1 Å². The molecule has 0 saturated carbocycles. The van der Waals surface area contributed by atoms with E-state index in [2.05, 4.69) is 4.98 Å². The highest BCUT2D eigenvalue weighted by atomic mass is 19.4. The lowest BCUT2D eigenvalue weighted by molar-refractivity contribution is -0.376. The number of aromatic nitrogens is 1. The molecule has 0 bridgehead atoms. The Morgan fingerprint density at radius 3 is 2.00 bits per heavy atom. The summed E-state index contributed by atoms with van der Waals surface area (Å²) in [6.45, 7) is 0. The molecule has 20 heavy (non-hydrogen) atoms. The summed E-state index contributed by atoms with van der Waals surface area (Å²) in [4.78, 5) is 3.28. The summed E-state index contributed by atoms with van der Waals surface area (Å²) in [5.41, 5.74) is -0.827. The van der Waals surface area contributed by atoms with Gasteiger partial charge in [0.15, 0.2) is 0 Å². The highest BCUT2D eigenvalue weighted by Crippen LogP contribution is 2.52. The Kier molecular flexibility index (Phi) is 4.30. The number of hydroxylamine groups is 2. The van der Waals surface area contributed by atoms with Crippen LogP contribution in [0.5, 0.6) is 0 Å². The smallest absolute Gasteiger partial charge is 0.313 e. The number of hydrogen-bond donors (Lipinski definition) is 1. The van der Waals surface area contributed by atoms with Crippen molar-refractivity contribution in [2.24, 2.45) is 0 Å². The maximum Gasteiger partial charge on any atom is 0.459 e. The molecule has 0 radical (unpaired) electrons. The minimum atomic E-state index is -6.47. The van der Waals surface area contributed by atoms with Crippen molar-refractivity contribution in [1.82, 2.24) is 10.0 Å². The van der Waals surface area contributed by atoms with Gasteiger partial charge in [0, 0.05) is 13.2 Å². The lowest BCUT2D eigenvalue weighted by Gasteiger charge is -2.35. The van der Waals surface area contributed by atoms with E-state index in [1.165, 1.54) is 6.07 Å². The van der Waals surface area contributed by atoms with Gasteiger partial charge in [0.05, 0.1) is 5.69 Å². The summed E-state index contributed by atoms with van der Waals surface area (Å²) in [6.07, 6.45) is -5.55. The maximum atomic E-state index is 13.6. The Morgan fingerprint density at radius 2 is 1.65 bits per heavy atom. The number of alkyl halides is 7. The third-order valence-corrected chi connectivity index (χ3v) is 2.46. The standard InChI is InChI=1S/C10H9F7N2O/c1-19(20)7(6-4-2-3-5-18-6)8(11,12)9(13,14)10(15,16)17/h2-5,7,20H,1H3. The van der Waals surface area contributed by atoms with Crippen molar-refractivity contribution in [3.63, 3.8) is 0 Å². The maximum absolute atomic E-state index is 13.6. The number of pyridine rings is 1. The summed E-state index contributed by atoms with van der Waals surface area (Å²) in [7, 11) is 0.527. The van der Waals surface area contributed by atoms with Crippen LogP contribution in [0.1, 0.15) is 11.7 Å². The Bertz CT molecular complexity index is 447. The van der Waals surface area contributed by atoms with Crippen LogP contribution in [-0.2, 0) is 0 Å². The topological polar surface area (TPSA) is 36.4 Å². The first-order valence-electron chi connectivity index (χ1n) is 5.08. The summed E-state index contributed by atoms with van der Waals surface area (Å²) in [5.74, 6) is -12.0. The van der Waals surface area contributed by atoms with Crippen LogP contribution in [0.25, 0.3) is 0 Å². The zero-order valence-electron chi connectivity index (χ0n) is 9.87. The van der Waals surface area contributed by atoms with Crippen LogP contribution in [0.2, 0.25) is 0 Å². The summed E-state index contributed by atoms with van der Waals surface area (Å²) in [6, 6.07) is 0.205. The number of rotatable bonds is 4. The fourth-order valence-corrected chi connectivity index (χ4v) is 1.51. The van der Waals surface area contributed by atoms with Crippen LogP contribution >= 0.6 is 0 Å². The van der Waals surface area contributed by atoms with E-state index in [0.29, 0.717) is 7.05 Å². The Hall–Kier alpha value is -1.42. The van der Waals surface area contributed by atoms with Gasteiger partial charge in [0.2, 0.25) is 0 Å². The van der Waals surface area contributed by atoms with E-state index in [0.717, 1.165) is 18.3 Å². The van der Waals surface area contributed by atoms with Crippen LogP contribution in [-0.4, -0.2) is 40.3 Å². The third-order valence-electron chi connectivity index (χ3n) is 2.46. The van der Waals surface area contributed by atoms with Gasteiger partial charge >= 0.3 is 18.0 Å². The Morgan fingerprint density at radius 1 is 1.10 bits per heavy atom. The van der Waals surface area contributed by atoms with E-state index in [-0.39, 0.29) is 0 Å². The molecule has 114 valence electrons. The van der Waals surface area contributed by atoms with Crippen LogP contribution in [0.4, 0.5) is 30.7 Å². The van der Waals surface area contributed by atoms with Crippen LogP contribution in [0.3, 0.4) is 0 Å². The highest BCUT2D eigenvalue weighted by Gasteiger charge is 2.76. The van der Waals surface area contributed by atoms with Gasteiger partial charge in [-0.15, -0.1) is 0 Å². The predicted molar refractivity (Wildman–Crippen MR) is 52.5 cm³/mol. The minimum Gasteiger partial charge on any atom is -0.313 e. The Balaban J connectivity index is 3.35. The SMILES string of the molecule is CN(O)C(c1ccccn1)C(F)(F)C(F)(F)C(F)(F)F. The van der Waals surface area contributed by atoms with Crippen LogP contribution < -0.4 is 0 Å². The number of hydrogen-bond acceptors (Lipinski definition) is 3. The molecule has 0 aliphatic heterocycles. The molecule has 1 aromatic rings. The molecule has 1 heterocycles. The molecule has 0 aliphatic carbocycles. The molecule has 3 nitrogen and oxygen atoms in total. The molecule has 0 amide bonds. The Labute approximate surface area is 108 Å². The van der Waals surface area contributed by atoms with Crippen LogP contribution in [0.15, 0.2) is 24.4 Å². The molecule has 1 aromatic heterocycles. The molecule has 0 aromatic carbocycles. The molecule has 1 atom stereocenters. The van der Waals surface area contributed by atoms with E-state index in [4.69, 9.17) is 5.21 Å². The van der Waals surface area contributed by atoms with E-state index in [1.54, 1.807) is 0 Å². The van der Waals surface area contributed by atoms with E-state index in [1.807, 2.05) is 0 Å². The second-order valence-electron chi connectivity index (χ2n) is 3.93. The zero-order valence-corrected chi connectivity index (χ0v) is 9.87. The van der Waals surface area contributed by atoms with Gasteiger partial charge in [-0.05, 0) is 12.1 Å². The second kappa shape index (κ2) is 5.17. The van der Waals surface area contributed by atoms with E-state index < -0.39 is 34.8 Å². The quantitative estimate of drug-likeness (QED) is 0.685. The molecule has 0 aliphatic rings. The molecular weight excluding hydrogens is 297 g/mol. The summed E-state index contributed by atoms with van der Waals surface area (Å²) >= 11 is 0. The first-order chi connectivity index (χ1) is 8.93. The number of nitrogens with zero attached hydrogens (tertiary/aromatic N) is 2. The van der Waals surface area contributed by atoms with Crippen LogP contribution in [0, 0.1) is 0 Å². The van der Waals surface area contributed by atoms with Crippen molar-refractivity contribution in [2.75, 3.05) is 7.05 Å².